The maximum atomic E-state index is 12.4. The lowest BCUT2D eigenvalue weighted by Crippen LogP contribution is -2.28. The molecule has 3 heterocycles. The molecule has 1 aliphatic rings. The van der Waals surface area contributed by atoms with Gasteiger partial charge >= 0.3 is 5.97 Å². The number of hydrogen-bond acceptors (Lipinski definition) is 7. The third kappa shape index (κ3) is 3.67. The Morgan fingerprint density at radius 2 is 1.96 bits per heavy atom. The van der Waals surface area contributed by atoms with Crippen LogP contribution in [0.15, 0.2) is 46.5 Å². The summed E-state index contributed by atoms with van der Waals surface area (Å²) in [5.74, 6) is -1.04. The average Bonchev–Trinajstić information content (AvgIpc) is 3.41. The molecule has 0 radical (unpaired) electrons. The molecule has 27 heavy (non-hydrogen) atoms. The molecule has 0 aliphatic carbocycles. The molecule has 136 valence electrons. The highest BCUT2D eigenvalue weighted by Crippen LogP contribution is 2.26. The van der Waals surface area contributed by atoms with Crippen LogP contribution >= 0.6 is 22.7 Å². The van der Waals surface area contributed by atoms with Crippen molar-refractivity contribution >= 4 is 46.1 Å². The summed E-state index contributed by atoms with van der Waals surface area (Å²) in [5, 5.41) is 6.74. The van der Waals surface area contributed by atoms with Gasteiger partial charge in [-0.1, -0.05) is 6.07 Å². The minimum absolute atomic E-state index is 0.0608. The highest BCUT2D eigenvalue weighted by Gasteiger charge is 2.30. The van der Waals surface area contributed by atoms with E-state index < -0.39 is 5.97 Å². The molecule has 0 unspecified atom stereocenters. The van der Waals surface area contributed by atoms with Gasteiger partial charge in [0, 0.05) is 29.2 Å². The molecular weight excluding hydrogens is 384 g/mol. The summed E-state index contributed by atoms with van der Waals surface area (Å²) in [6, 6.07) is 8.34. The molecule has 0 bridgehead atoms. The van der Waals surface area contributed by atoms with E-state index in [1.807, 2.05) is 22.2 Å². The summed E-state index contributed by atoms with van der Waals surface area (Å²) in [7, 11) is 0. The van der Waals surface area contributed by atoms with Crippen LogP contribution in [0, 0.1) is 0 Å². The van der Waals surface area contributed by atoms with Crippen LogP contribution in [0.4, 0.5) is 5.69 Å². The molecule has 2 aromatic heterocycles. The Labute approximate surface area is 163 Å². The highest BCUT2D eigenvalue weighted by molar-refractivity contribution is 7.14. The molecule has 1 aliphatic heterocycles. The second-order valence-electron chi connectivity index (χ2n) is 5.91. The third-order valence-corrected chi connectivity index (χ3v) is 5.69. The highest BCUT2D eigenvalue weighted by atomic mass is 32.1. The van der Waals surface area contributed by atoms with E-state index in [-0.39, 0.29) is 36.8 Å². The first-order chi connectivity index (χ1) is 13.1. The molecule has 0 saturated carbocycles. The van der Waals surface area contributed by atoms with E-state index in [2.05, 4.69) is 4.98 Å². The fourth-order valence-electron chi connectivity index (χ4n) is 2.75. The van der Waals surface area contributed by atoms with Crippen molar-refractivity contribution in [3.05, 3.63) is 57.7 Å². The van der Waals surface area contributed by atoms with Crippen LogP contribution in [0.3, 0.4) is 0 Å². The number of imide groups is 1. The van der Waals surface area contributed by atoms with Gasteiger partial charge in [0.2, 0.25) is 11.8 Å². The first kappa shape index (κ1) is 17.6. The number of carbonyl (C=O) groups is 3. The molecule has 0 spiro atoms. The number of ether oxygens (including phenoxy) is 1. The van der Waals surface area contributed by atoms with Crippen molar-refractivity contribution in [2.45, 2.75) is 19.4 Å². The summed E-state index contributed by atoms with van der Waals surface area (Å²) in [4.78, 5) is 41.7. The quantitative estimate of drug-likeness (QED) is 0.481. The zero-order valence-corrected chi connectivity index (χ0v) is 15.7. The van der Waals surface area contributed by atoms with Crippen LogP contribution in [0.25, 0.3) is 10.6 Å². The van der Waals surface area contributed by atoms with Crippen LogP contribution in [0.2, 0.25) is 0 Å². The second kappa shape index (κ2) is 7.42. The number of aromatic nitrogens is 1. The normalized spacial score (nSPS) is 14.0. The Balaban J connectivity index is 1.44. The molecule has 3 aromatic rings. The Kier molecular flexibility index (Phi) is 4.83. The first-order valence-corrected chi connectivity index (χ1v) is 10.0. The van der Waals surface area contributed by atoms with Gasteiger partial charge in [0.1, 0.15) is 11.6 Å². The van der Waals surface area contributed by atoms with E-state index in [9.17, 15) is 14.4 Å². The van der Waals surface area contributed by atoms with Crippen LogP contribution in [0.5, 0.6) is 0 Å². The molecule has 0 atom stereocenters. The monoisotopic (exact) mass is 398 g/mol. The van der Waals surface area contributed by atoms with E-state index in [0.717, 1.165) is 15.5 Å². The fourth-order valence-corrected chi connectivity index (χ4v) is 4.27. The van der Waals surface area contributed by atoms with Crippen LogP contribution in [-0.4, -0.2) is 22.8 Å². The van der Waals surface area contributed by atoms with Gasteiger partial charge in [-0.05, 0) is 29.6 Å². The number of hydrogen-bond donors (Lipinski definition) is 0. The largest absolute Gasteiger partial charge is 0.456 e. The molecule has 1 saturated heterocycles. The third-order valence-electron chi connectivity index (χ3n) is 4.06. The number of esters is 1. The topological polar surface area (TPSA) is 76.6 Å². The van der Waals surface area contributed by atoms with Gasteiger partial charge in [0.05, 0.1) is 16.9 Å². The molecule has 0 N–H and O–H groups in total. The number of anilines is 1. The lowest BCUT2D eigenvalue weighted by Gasteiger charge is -2.14. The smallest absolute Gasteiger partial charge is 0.338 e. The number of nitrogens with zero attached hydrogens (tertiary/aromatic N) is 2. The molecule has 2 amide bonds. The summed E-state index contributed by atoms with van der Waals surface area (Å²) in [5.41, 5.74) is 2.41. The van der Waals surface area contributed by atoms with Crippen molar-refractivity contribution in [3.8, 4) is 10.6 Å². The van der Waals surface area contributed by atoms with E-state index in [1.54, 1.807) is 29.5 Å². The zero-order valence-electron chi connectivity index (χ0n) is 14.1. The van der Waals surface area contributed by atoms with Crippen LogP contribution in [0.1, 0.15) is 28.9 Å². The number of carbonyl (C=O) groups excluding carboxylic acids is 3. The van der Waals surface area contributed by atoms with Crippen LogP contribution < -0.4 is 4.90 Å². The SMILES string of the molecule is O=C(OCc1csc(-c2ccsc2)n1)c1cccc(N2C(=O)CCC2=O)c1. The molecule has 1 aromatic carbocycles. The van der Waals surface area contributed by atoms with Crippen molar-refractivity contribution in [2.24, 2.45) is 0 Å². The van der Waals surface area contributed by atoms with Crippen molar-refractivity contribution in [1.82, 2.24) is 4.98 Å². The summed E-state index contributed by atoms with van der Waals surface area (Å²) >= 11 is 3.10. The Hall–Kier alpha value is -2.84. The van der Waals surface area contributed by atoms with Crippen molar-refractivity contribution in [1.29, 1.82) is 0 Å². The van der Waals surface area contributed by atoms with Gasteiger partial charge in [-0.15, -0.1) is 11.3 Å². The average molecular weight is 398 g/mol. The van der Waals surface area contributed by atoms with E-state index >= 15 is 0 Å². The first-order valence-electron chi connectivity index (χ1n) is 8.22. The lowest BCUT2D eigenvalue weighted by atomic mass is 10.2. The molecule has 4 rings (SSSR count). The van der Waals surface area contributed by atoms with E-state index in [1.165, 1.54) is 17.4 Å². The van der Waals surface area contributed by atoms with E-state index in [0.29, 0.717) is 11.4 Å². The minimum Gasteiger partial charge on any atom is -0.456 e. The fraction of sp³-hybridized carbons (Fsp3) is 0.158. The van der Waals surface area contributed by atoms with Gasteiger partial charge in [-0.3, -0.25) is 14.5 Å². The number of rotatable bonds is 5. The summed E-state index contributed by atoms with van der Waals surface area (Å²) in [6.45, 7) is 0.0608. The van der Waals surface area contributed by atoms with Crippen molar-refractivity contribution in [2.75, 3.05) is 4.90 Å². The Bertz CT molecular complexity index is 994. The van der Waals surface area contributed by atoms with Crippen LogP contribution in [-0.2, 0) is 20.9 Å². The molecular formula is C19H14N2O4S2. The molecule has 6 nitrogen and oxygen atoms in total. The number of thiazole rings is 1. The number of thiophene rings is 1. The minimum atomic E-state index is -0.527. The predicted molar refractivity (Wildman–Crippen MR) is 103 cm³/mol. The Morgan fingerprint density at radius 1 is 1.15 bits per heavy atom. The maximum Gasteiger partial charge on any atom is 0.338 e. The maximum absolute atomic E-state index is 12.4. The van der Waals surface area contributed by atoms with Gasteiger partial charge < -0.3 is 4.74 Å². The van der Waals surface area contributed by atoms with Crippen molar-refractivity contribution in [3.63, 3.8) is 0 Å². The summed E-state index contributed by atoms with van der Waals surface area (Å²) in [6.07, 6.45) is 0.396. The van der Waals surface area contributed by atoms with E-state index in [4.69, 9.17) is 4.74 Å². The lowest BCUT2D eigenvalue weighted by molar-refractivity contribution is -0.121. The number of amides is 2. The Morgan fingerprint density at radius 3 is 2.70 bits per heavy atom. The van der Waals surface area contributed by atoms with Gasteiger partial charge in [-0.2, -0.15) is 11.3 Å². The predicted octanol–water partition coefficient (Wildman–Crippen LogP) is 3.88. The van der Waals surface area contributed by atoms with Gasteiger partial charge in [0.15, 0.2) is 0 Å². The molecule has 8 heteroatoms. The molecule has 1 fully saturated rings. The standard InChI is InChI=1S/C19H14N2O4S2/c22-16-4-5-17(23)21(16)15-3-1-2-12(8-15)19(24)25-9-14-11-27-18(20-14)13-6-7-26-10-13/h1-3,6-8,10-11H,4-5,9H2. The second-order valence-corrected chi connectivity index (χ2v) is 7.54. The number of benzene rings is 1. The zero-order chi connectivity index (χ0) is 18.8. The van der Waals surface area contributed by atoms with Gasteiger partial charge in [-0.25, -0.2) is 9.78 Å². The van der Waals surface area contributed by atoms with Gasteiger partial charge in [0.25, 0.3) is 0 Å². The van der Waals surface area contributed by atoms with Crippen molar-refractivity contribution < 1.29 is 19.1 Å². The summed E-state index contributed by atoms with van der Waals surface area (Å²) < 4.78 is 5.34.